The van der Waals surface area contributed by atoms with E-state index in [1.165, 1.54) is 6.26 Å². The molecule has 0 spiro atoms. The van der Waals surface area contributed by atoms with E-state index in [9.17, 15) is 9.59 Å². The fourth-order valence-corrected chi connectivity index (χ4v) is 3.61. The minimum absolute atomic E-state index is 0.117. The number of hydrogen-bond acceptors (Lipinski definition) is 4. The van der Waals surface area contributed by atoms with Crippen LogP contribution in [0, 0.1) is 6.92 Å². The Balaban J connectivity index is 1.55. The van der Waals surface area contributed by atoms with E-state index in [0.29, 0.717) is 24.4 Å². The molecule has 1 atom stereocenters. The van der Waals surface area contributed by atoms with Crippen molar-refractivity contribution in [2.75, 3.05) is 13.1 Å². The van der Waals surface area contributed by atoms with E-state index in [1.807, 2.05) is 30.1 Å². The van der Waals surface area contributed by atoms with Gasteiger partial charge in [-0.2, -0.15) is 5.10 Å². The number of aromatic nitrogens is 2. The van der Waals surface area contributed by atoms with Crippen molar-refractivity contribution in [1.82, 2.24) is 20.0 Å². The first-order valence-corrected chi connectivity index (χ1v) is 10.0. The standard InChI is InChI=1S/C23H24N4O3/c1-17-14-24-27(15-17)19-9-5-11-26(16-19)23(29)21(13-20-10-6-12-30-20)25-22(28)18-7-3-2-4-8-18/h2-4,6-8,10,12-15,19H,5,9,11,16H2,1H3,(H,25,28)/b21-13-. The highest BCUT2D eigenvalue weighted by molar-refractivity contribution is 6.05. The molecule has 1 aliphatic heterocycles. The van der Waals surface area contributed by atoms with Gasteiger partial charge in [-0.1, -0.05) is 18.2 Å². The zero-order valence-corrected chi connectivity index (χ0v) is 16.8. The average Bonchev–Trinajstić information content (AvgIpc) is 3.45. The molecule has 4 rings (SSSR count). The Bertz CT molecular complexity index is 1040. The van der Waals surface area contributed by atoms with Crippen LogP contribution in [0.2, 0.25) is 0 Å². The summed E-state index contributed by atoms with van der Waals surface area (Å²) in [7, 11) is 0. The van der Waals surface area contributed by atoms with Gasteiger partial charge in [0.15, 0.2) is 0 Å². The predicted octanol–water partition coefficient (Wildman–Crippen LogP) is 3.42. The van der Waals surface area contributed by atoms with Gasteiger partial charge in [0, 0.05) is 30.9 Å². The summed E-state index contributed by atoms with van der Waals surface area (Å²) in [5.41, 5.74) is 1.77. The maximum Gasteiger partial charge on any atom is 0.270 e. The Morgan fingerprint density at radius 1 is 1.20 bits per heavy atom. The van der Waals surface area contributed by atoms with Crippen molar-refractivity contribution in [3.8, 4) is 0 Å². The number of amides is 2. The van der Waals surface area contributed by atoms with Gasteiger partial charge in [-0.05, 0) is 49.6 Å². The summed E-state index contributed by atoms with van der Waals surface area (Å²) >= 11 is 0. The summed E-state index contributed by atoms with van der Waals surface area (Å²) in [6.07, 6.45) is 8.75. The number of piperidine rings is 1. The first kappa shape index (κ1) is 19.7. The highest BCUT2D eigenvalue weighted by Gasteiger charge is 2.28. The second kappa shape index (κ2) is 8.82. The number of aryl methyl sites for hydroxylation is 1. The van der Waals surface area contributed by atoms with E-state index in [-0.39, 0.29) is 23.6 Å². The van der Waals surface area contributed by atoms with Gasteiger partial charge in [0.05, 0.1) is 18.5 Å². The molecule has 1 fully saturated rings. The number of carbonyl (C=O) groups is 2. The lowest BCUT2D eigenvalue weighted by Crippen LogP contribution is -2.44. The molecule has 1 aromatic carbocycles. The number of nitrogens with one attached hydrogen (secondary N) is 1. The van der Waals surface area contributed by atoms with Gasteiger partial charge in [0.25, 0.3) is 11.8 Å². The molecule has 1 aliphatic rings. The number of likely N-dealkylation sites (tertiary alicyclic amines) is 1. The zero-order valence-electron chi connectivity index (χ0n) is 16.8. The largest absolute Gasteiger partial charge is 0.465 e. The van der Waals surface area contributed by atoms with Crippen LogP contribution in [0.3, 0.4) is 0 Å². The highest BCUT2D eigenvalue weighted by atomic mass is 16.3. The third-order valence-corrected chi connectivity index (χ3v) is 5.13. The molecular formula is C23H24N4O3. The molecule has 7 nitrogen and oxygen atoms in total. The Morgan fingerprint density at radius 3 is 2.73 bits per heavy atom. The molecule has 3 aromatic rings. The second-order valence-corrected chi connectivity index (χ2v) is 7.44. The monoisotopic (exact) mass is 404 g/mol. The number of benzene rings is 1. The highest BCUT2D eigenvalue weighted by Crippen LogP contribution is 2.23. The molecule has 1 N–H and O–H groups in total. The predicted molar refractivity (Wildman–Crippen MR) is 112 cm³/mol. The van der Waals surface area contributed by atoms with Crippen molar-refractivity contribution in [2.24, 2.45) is 0 Å². The molecular weight excluding hydrogens is 380 g/mol. The van der Waals surface area contributed by atoms with Gasteiger partial charge >= 0.3 is 0 Å². The lowest BCUT2D eigenvalue weighted by atomic mass is 10.1. The van der Waals surface area contributed by atoms with Gasteiger partial charge in [0.1, 0.15) is 11.5 Å². The van der Waals surface area contributed by atoms with E-state index in [4.69, 9.17) is 4.42 Å². The van der Waals surface area contributed by atoms with Crippen LogP contribution in [0.25, 0.3) is 6.08 Å². The molecule has 2 aromatic heterocycles. The van der Waals surface area contributed by atoms with E-state index < -0.39 is 0 Å². The van der Waals surface area contributed by atoms with E-state index in [1.54, 1.807) is 47.4 Å². The molecule has 1 unspecified atom stereocenters. The Hall–Kier alpha value is -3.61. The molecule has 0 saturated carbocycles. The minimum Gasteiger partial charge on any atom is -0.465 e. The van der Waals surface area contributed by atoms with Gasteiger partial charge < -0.3 is 14.6 Å². The first-order valence-electron chi connectivity index (χ1n) is 10.0. The maximum absolute atomic E-state index is 13.3. The Kier molecular flexibility index (Phi) is 5.79. The van der Waals surface area contributed by atoms with Gasteiger partial charge in [-0.3, -0.25) is 14.3 Å². The normalized spacial score (nSPS) is 17.0. The number of rotatable bonds is 5. The van der Waals surface area contributed by atoms with Crippen molar-refractivity contribution < 1.29 is 14.0 Å². The zero-order chi connectivity index (χ0) is 20.9. The van der Waals surface area contributed by atoms with Crippen LogP contribution in [0.4, 0.5) is 0 Å². The number of carbonyl (C=O) groups excluding carboxylic acids is 2. The van der Waals surface area contributed by atoms with Crippen LogP contribution in [0.15, 0.2) is 71.2 Å². The van der Waals surface area contributed by atoms with Gasteiger partial charge in [0.2, 0.25) is 0 Å². The minimum atomic E-state index is -0.335. The van der Waals surface area contributed by atoms with Crippen molar-refractivity contribution in [1.29, 1.82) is 0 Å². The van der Waals surface area contributed by atoms with E-state index >= 15 is 0 Å². The fraction of sp³-hybridized carbons (Fsp3) is 0.261. The topological polar surface area (TPSA) is 80.4 Å². The number of nitrogens with zero attached hydrogens (tertiary/aromatic N) is 3. The molecule has 154 valence electrons. The van der Waals surface area contributed by atoms with Crippen molar-refractivity contribution in [3.63, 3.8) is 0 Å². The summed E-state index contributed by atoms with van der Waals surface area (Å²) in [5.74, 6) is -0.0646. The summed E-state index contributed by atoms with van der Waals surface area (Å²) in [6, 6.07) is 12.4. The summed E-state index contributed by atoms with van der Waals surface area (Å²) in [6.45, 7) is 3.17. The fourth-order valence-electron chi connectivity index (χ4n) is 3.61. The molecule has 0 radical (unpaired) electrons. The van der Waals surface area contributed by atoms with Crippen molar-refractivity contribution >= 4 is 17.9 Å². The number of furan rings is 1. The van der Waals surface area contributed by atoms with Crippen LogP contribution in [0.5, 0.6) is 0 Å². The summed E-state index contributed by atoms with van der Waals surface area (Å²) < 4.78 is 7.29. The molecule has 3 heterocycles. The SMILES string of the molecule is Cc1cnn(C2CCCN(C(=O)/C(=C/c3ccco3)NC(=O)c3ccccc3)C2)c1. The lowest BCUT2D eigenvalue weighted by Gasteiger charge is -2.33. The summed E-state index contributed by atoms with van der Waals surface area (Å²) in [4.78, 5) is 27.8. The van der Waals surface area contributed by atoms with Crippen LogP contribution in [-0.2, 0) is 4.79 Å². The quantitative estimate of drug-likeness (QED) is 0.661. The Morgan fingerprint density at radius 2 is 2.03 bits per heavy atom. The van der Waals surface area contributed by atoms with Gasteiger partial charge in [-0.15, -0.1) is 0 Å². The third kappa shape index (κ3) is 4.51. The Labute approximate surface area is 175 Å². The smallest absolute Gasteiger partial charge is 0.270 e. The van der Waals surface area contributed by atoms with Crippen LogP contribution in [0.1, 0.15) is 40.6 Å². The van der Waals surface area contributed by atoms with E-state index in [0.717, 1.165) is 18.4 Å². The number of hydrogen-bond donors (Lipinski definition) is 1. The molecule has 1 saturated heterocycles. The molecule has 7 heteroatoms. The molecule has 0 aliphatic carbocycles. The van der Waals surface area contributed by atoms with Crippen LogP contribution in [-0.4, -0.2) is 39.6 Å². The molecule has 2 amide bonds. The second-order valence-electron chi connectivity index (χ2n) is 7.44. The maximum atomic E-state index is 13.3. The average molecular weight is 404 g/mol. The third-order valence-electron chi connectivity index (χ3n) is 5.13. The van der Waals surface area contributed by atoms with Crippen LogP contribution < -0.4 is 5.32 Å². The molecule has 30 heavy (non-hydrogen) atoms. The van der Waals surface area contributed by atoms with Crippen molar-refractivity contribution in [2.45, 2.75) is 25.8 Å². The van der Waals surface area contributed by atoms with Crippen LogP contribution >= 0.6 is 0 Å². The lowest BCUT2D eigenvalue weighted by molar-refractivity contribution is -0.129. The van der Waals surface area contributed by atoms with Crippen molar-refractivity contribution in [3.05, 3.63) is 83.7 Å². The first-order chi connectivity index (χ1) is 14.6. The van der Waals surface area contributed by atoms with Gasteiger partial charge in [-0.25, -0.2) is 0 Å². The molecule has 0 bridgehead atoms. The summed E-state index contributed by atoms with van der Waals surface area (Å²) in [5, 5.41) is 7.18. The van der Waals surface area contributed by atoms with E-state index in [2.05, 4.69) is 10.4 Å².